The summed E-state index contributed by atoms with van der Waals surface area (Å²) in [6.45, 7) is 7.95. The molecule has 1 unspecified atom stereocenters. The molecule has 2 aromatic rings. The highest BCUT2D eigenvalue weighted by Crippen LogP contribution is 2.18. The van der Waals surface area contributed by atoms with Gasteiger partial charge in [0.25, 0.3) is 0 Å². The van der Waals surface area contributed by atoms with E-state index < -0.39 is 0 Å². The number of guanidine groups is 1. The number of hydrogen-bond acceptors (Lipinski definition) is 4. The average molecular weight is 355 g/mol. The predicted molar refractivity (Wildman–Crippen MR) is 104 cm³/mol. The van der Waals surface area contributed by atoms with Gasteiger partial charge in [0.2, 0.25) is 0 Å². The lowest BCUT2D eigenvalue weighted by Crippen LogP contribution is -2.52. The van der Waals surface area contributed by atoms with Crippen molar-refractivity contribution in [3.8, 4) is 0 Å². The van der Waals surface area contributed by atoms with Crippen molar-refractivity contribution < 1.29 is 4.52 Å². The molecule has 1 N–H and O–H groups in total. The van der Waals surface area contributed by atoms with Gasteiger partial charge in [0.15, 0.2) is 5.96 Å². The molecule has 0 bridgehead atoms. The van der Waals surface area contributed by atoms with Crippen molar-refractivity contribution in [2.45, 2.75) is 25.8 Å². The Morgan fingerprint density at radius 1 is 1.19 bits per heavy atom. The Morgan fingerprint density at radius 2 is 1.96 bits per heavy atom. The monoisotopic (exact) mass is 355 g/mol. The topological polar surface area (TPSA) is 56.9 Å². The molecule has 1 aliphatic heterocycles. The van der Waals surface area contributed by atoms with Crippen molar-refractivity contribution in [1.82, 2.24) is 20.3 Å². The second kappa shape index (κ2) is 9.38. The molecule has 1 saturated heterocycles. The third-order valence-corrected chi connectivity index (χ3v) is 5.03. The van der Waals surface area contributed by atoms with E-state index in [4.69, 9.17) is 4.52 Å². The molecular formula is C20H29N5O. The molecule has 0 radical (unpaired) electrons. The third kappa shape index (κ3) is 4.85. The largest absolute Gasteiger partial charge is 0.364 e. The van der Waals surface area contributed by atoms with Crippen LogP contribution in [0.15, 0.2) is 52.2 Å². The van der Waals surface area contributed by atoms with Crippen molar-refractivity contribution >= 4 is 5.96 Å². The molecule has 6 nitrogen and oxygen atoms in total. The first-order chi connectivity index (χ1) is 12.8. The number of benzene rings is 1. The number of rotatable bonds is 6. The number of piperazine rings is 1. The Morgan fingerprint density at radius 3 is 2.58 bits per heavy atom. The van der Waals surface area contributed by atoms with Gasteiger partial charge in [-0.25, -0.2) is 0 Å². The van der Waals surface area contributed by atoms with Gasteiger partial charge in [0, 0.05) is 58.3 Å². The van der Waals surface area contributed by atoms with Gasteiger partial charge in [-0.2, -0.15) is 0 Å². The van der Waals surface area contributed by atoms with Crippen LogP contribution < -0.4 is 5.32 Å². The van der Waals surface area contributed by atoms with Gasteiger partial charge in [-0.3, -0.25) is 9.89 Å². The number of hydrogen-bond donors (Lipinski definition) is 1. The summed E-state index contributed by atoms with van der Waals surface area (Å²) in [6.07, 6.45) is 2.74. The zero-order valence-corrected chi connectivity index (χ0v) is 15.8. The van der Waals surface area contributed by atoms with E-state index in [0.29, 0.717) is 5.92 Å². The summed E-state index contributed by atoms with van der Waals surface area (Å²) in [5.41, 5.74) is 2.38. The molecule has 3 rings (SSSR count). The molecule has 1 aromatic carbocycles. The SMILES string of the molecule is CCC(CNC(=NC)N1CCN(Cc2ccon2)CC1)c1ccccc1. The Labute approximate surface area is 155 Å². The van der Waals surface area contributed by atoms with Crippen molar-refractivity contribution in [3.63, 3.8) is 0 Å². The van der Waals surface area contributed by atoms with E-state index in [2.05, 4.69) is 62.5 Å². The number of nitrogens with zero attached hydrogens (tertiary/aromatic N) is 4. The fourth-order valence-electron chi connectivity index (χ4n) is 3.44. The van der Waals surface area contributed by atoms with Crippen LogP contribution in [0.1, 0.15) is 30.5 Å². The lowest BCUT2D eigenvalue weighted by atomic mass is 9.96. The van der Waals surface area contributed by atoms with Gasteiger partial charge in [0.05, 0.1) is 5.69 Å². The minimum absolute atomic E-state index is 0.501. The Balaban J connectivity index is 1.48. The molecule has 6 heteroatoms. The Bertz CT molecular complexity index is 663. The van der Waals surface area contributed by atoms with Crippen molar-refractivity contribution in [2.24, 2.45) is 4.99 Å². The number of aromatic nitrogens is 1. The predicted octanol–water partition coefficient (Wildman–Crippen LogP) is 2.56. The van der Waals surface area contributed by atoms with E-state index >= 15 is 0 Å². The summed E-state index contributed by atoms with van der Waals surface area (Å²) in [5, 5.41) is 7.58. The fourth-order valence-corrected chi connectivity index (χ4v) is 3.44. The van der Waals surface area contributed by atoms with Crippen molar-refractivity contribution in [3.05, 3.63) is 53.9 Å². The lowest BCUT2D eigenvalue weighted by Gasteiger charge is -2.36. The van der Waals surface area contributed by atoms with Crippen LogP contribution in [0.2, 0.25) is 0 Å². The molecule has 1 atom stereocenters. The summed E-state index contributed by atoms with van der Waals surface area (Å²) in [5.74, 6) is 1.50. The van der Waals surface area contributed by atoms with E-state index in [0.717, 1.165) is 57.3 Å². The van der Waals surface area contributed by atoms with Crippen LogP contribution in [-0.2, 0) is 6.54 Å². The van der Waals surface area contributed by atoms with Gasteiger partial charge in [-0.05, 0) is 12.0 Å². The van der Waals surface area contributed by atoms with E-state index in [-0.39, 0.29) is 0 Å². The van der Waals surface area contributed by atoms with E-state index in [1.165, 1.54) is 5.56 Å². The van der Waals surface area contributed by atoms with Crippen LogP contribution in [-0.4, -0.2) is 60.7 Å². The van der Waals surface area contributed by atoms with Gasteiger partial charge >= 0.3 is 0 Å². The molecule has 0 saturated carbocycles. The highest BCUT2D eigenvalue weighted by Gasteiger charge is 2.21. The zero-order valence-electron chi connectivity index (χ0n) is 15.8. The lowest BCUT2D eigenvalue weighted by molar-refractivity contribution is 0.169. The molecule has 1 fully saturated rings. The second-order valence-corrected chi connectivity index (χ2v) is 6.70. The fraction of sp³-hybridized carbons (Fsp3) is 0.500. The van der Waals surface area contributed by atoms with Crippen LogP contribution in [0.3, 0.4) is 0 Å². The highest BCUT2D eigenvalue weighted by atomic mass is 16.5. The summed E-state index contributed by atoms with van der Waals surface area (Å²) >= 11 is 0. The first-order valence-corrected chi connectivity index (χ1v) is 9.42. The van der Waals surface area contributed by atoms with Crippen LogP contribution in [0, 0.1) is 0 Å². The summed E-state index contributed by atoms with van der Waals surface area (Å²) < 4.78 is 4.92. The van der Waals surface area contributed by atoms with E-state index in [1.54, 1.807) is 6.26 Å². The summed E-state index contributed by atoms with van der Waals surface area (Å²) in [6, 6.07) is 12.6. The van der Waals surface area contributed by atoms with Crippen LogP contribution in [0.5, 0.6) is 0 Å². The van der Waals surface area contributed by atoms with E-state index in [1.807, 2.05) is 13.1 Å². The number of nitrogens with one attached hydrogen (secondary N) is 1. The summed E-state index contributed by atoms with van der Waals surface area (Å²) in [4.78, 5) is 9.25. The van der Waals surface area contributed by atoms with Crippen LogP contribution >= 0.6 is 0 Å². The maximum Gasteiger partial charge on any atom is 0.193 e. The molecule has 1 aromatic heterocycles. The smallest absolute Gasteiger partial charge is 0.193 e. The standard InChI is InChI=1S/C20H29N5O/c1-3-17(18-7-5-4-6-8-18)15-22-20(21-2)25-12-10-24(11-13-25)16-19-9-14-26-23-19/h4-9,14,17H,3,10-13,15-16H2,1-2H3,(H,21,22). The minimum Gasteiger partial charge on any atom is -0.364 e. The third-order valence-electron chi connectivity index (χ3n) is 5.03. The first-order valence-electron chi connectivity index (χ1n) is 9.42. The molecule has 2 heterocycles. The molecular weight excluding hydrogens is 326 g/mol. The second-order valence-electron chi connectivity index (χ2n) is 6.70. The van der Waals surface area contributed by atoms with Gasteiger partial charge in [-0.1, -0.05) is 42.4 Å². The number of aliphatic imine (C=N–C) groups is 1. The Hall–Kier alpha value is -2.34. The van der Waals surface area contributed by atoms with Gasteiger partial charge in [-0.15, -0.1) is 0 Å². The maximum atomic E-state index is 4.92. The maximum absolute atomic E-state index is 4.92. The zero-order chi connectivity index (χ0) is 18.2. The minimum atomic E-state index is 0.501. The van der Waals surface area contributed by atoms with Crippen LogP contribution in [0.25, 0.3) is 0 Å². The molecule has 1 aliphatic rings. The quantitative estimate of drug-likeness (QED) is 0.637. The van der Waals surface area contributed by atoms with Gasteiger partial charge < -0.3 is 14.7 Å². The molecule has 140 valence electrons. The summed E-state index contributed by atoms with van der Waals surface area (Å²) in [7, 11) is 1.87. The van der Waals surface area contributed by atoms with Crippen molar-refractivity contribution in [2.75, 3.05) is 39.8 Å². The van der Waals surface area contributed by atoms with E-state index in [9.17, 15) is 0 Å². The Kier molecular flexibility index (Phi) is 6.66. The van der Waals surface area contributed by atoms with Crippen molar-refractivity contribution in [1.29, 1.82) is 0 Å². The molecule has 0 amide bonds. The normalized spacial score (nSPS) is 17.3. The van der Waals surface area contributed by atoms with Crippen LogP contribution in [0.4, 0.5) is 0 Å². The molecule has 0 aliphatic carbocycles. The molecule has 26 heavy (non-hydrogen) atoms. The molecule has 0 spiro atoms. The highest BCUT2D eigenvalue weighted by molar-refractivity contribution is 5.80. The first kappa shape index (κ1) is 18.5. The van der Waals surface area contributed by atoms with Gasteiger partial charge in [0.1, 0.15) is 6.26 Å². The average Bonchev–Trinajstić information content (AvgIpc) is 3.20.